The van der Waals surface area contributed by atoms with Crippen molar-refractivity contribution in [1.29, 1.82) is 0 Å². The molecule has 3 saturated heterocycles. The number of hydrogen-bond donors (Lipinski definition) is 0. The highest BCUT2D eigenvalue weighted by atomic mass is 32.1. The number of carbonyl (C=O) groups excluding carboxylic acids is 2. The van der Waals surface area contributed by atoms with Crippen molar-refractivity contribution in [3.05, 3.63) is 21.9 Å². The maximum atomic E-state index is 13.4. The molecule has 5 nitrogen and oxygen atoms in total. The zero-order valence-corrected chi connectivity index (χ0v) is 16.0. The first-order chi connectivity index (χ1) is 12.0. The Morgan fingerprint density at radius 2 is 1.96 bits per heavy atom. The second-order valence-corrected chi connectivity index (χ2v) is 8.95. The standard InChI is InChI=1S/C19H27N3O2S/c1-14-5-8-25-17(14)11-20-9-16-10-22(15(2)23)13-19(16,12-20)18(24)21-6-3-4-7-21/h5,8,16H,3-4,6-7,9-13H2,1-2H3/t16-,19-/m1/s1. The predicted octanol–water partition coefficient (Wildman–Crippen LogP) is 1.96. The first-order valence-electron chi connectivity index (χ1n) is 9.30. The SMILES string of the molecule is CC(=O)N1C[C@H]2CN(Cc3sccc3C)C[C@@]2(C(=O)N2CCCC2)C1. The van der Waals surface area contributed by atoms with Crippen molar-refractivity contribution in [2.75, 3.05) is 39.3 Å². The fourth-order valence-electron chi connectivity index (χ4n) is 4.84. The van der Waals surface area contributed by atoms with Gasteiger partial charge in [-0.15, -0.1) is 11.3 Å². The number of thiophene rings is 1. The summed E-state index contributed by atoms with van der Waals surface area (Å²) in [7, 11) is 0. The van der Waals surface area contributed by atoms with E-state index in [1.54, 1.807) is 18.3 Å². The van der Waals surface area contributed by atoms with Crippen LogP contribution in [0.25, 0.3) is 0 Å². The molecule has 6 heteroatoms. The van der Waals surface area contributed by atoms with E-state index in [-0.39, 0.29) is 17.2 Å². The van der Waals surface area contributed by atoms with Crippen LogP contribution in [-0.2, 0) is 16.1 Å². The monoisotopic (exact) mass is 361 g/mol. The lowest BCUT2D eigenvalue weighted by molar-refractivity contribution is -0.141. The van der Waals surface area contributed by atoms with Crippen molar-refractivity contribution in [3.63, 3.8) is 0 Å². The van der Waals surface area contributed by atoms with Gasteiger partial charge in [-0.05, 0) is 36.8 Å². The number of aryl methyl sites for hydroxylation is 1. The van der Waals surface area contributed by atoms with E-state index in [2.05, 4.69) is 28.2 Å². The summed E-state index contributed by atoms with van der Waals surface area (Å²) < 4.78 is 0. The minimum atomic E-state index is -0.388. The highest BCUT2D eigenvalue weighted by Crippen LogP contribution is 2.45. The topological polar surface area (TPSA) is 43.9 Å². The van der Waals surface area contributed by atoms with E-state index in [9.17, 15) is 9.59 Å². The van der Waals surface area contributed by atoms with Crippen molar-refractivity contribution in [1.82, 2.24) is 14.7 Å². The van der Waals surface area contributed by atoms with Crippen LogP contribution in [0.2, 0.25) is 0 Å². The summed E-state index contributed by atoms with van der Waals surface area (Å²) >= 11 is 1.80. The highest BCUT2D eigenvalue weighted by molar-refractivity contribution is 7.10. The number of fused-ring (bicyclic) bond motifs is 1. The van der Waals surface area contributed by atoms with Crippen LogP contribution in [0.5, 0.6) is 0 Å². The number of likely N-dealkylation sites (tertiary alicyclic amines) is 3. The number of carbonyl (C=O) groups is 2. The Labute approximate surface area is 153 Å². The molecular weight excluding hydrogens is 334 g/mol. The molecule has 0 unspecified atom stereocenters. The third-order valence-corrected chi connectivity index (χ3v) is 7.29. The fourth-order valence-corrected chi connectivity index (χ4v) is 5.78. The average Bonchev–Trinajstić information content (AvgIpc) is 3.31. The van der Waals surface area contributed by atoms with E-state index in [1.807, 2.05) is 4.90 Å². The summed E-state index contributed by atoms with van der Waals surface area (Å²) in [5.41, 5.74) is 0.952. The number of rotatable bonds is 3. The molecule has 0 spiro atoms. The largest absolute Gasteiger partial charge is 0.342 e. The van der Waals surface area contributed by atoms with Gasteiger partial charge in [0.25, 0.3) is 0 Å². The third kappa shape index (κ3) is 2.89. The molecule has 136 valence electrons. The summed E-state index contributed by atoms with van der Waals surface area (Å²) in [5, 5.41) is 2.14. The van der Waals surface area contributed by atoms with E-state index in [4.69, 9.17) is 0 Å². The highest BCUT2D eigenvalue weighted by Gasteiger charge is 2.58. The van der Waals surface area contributed by atoms with Gasteiger partial charge in [0.15, 0.2) is 0 Å². The quantitative estimate of drug-likeness (QED) is 0.827. The Morgan fingerprint density at radius 3 is 2.60 bits per heavy atom. The van der Waals surface area contributed by atoms with Gasteiger partial charge in [-0.2, -0.15) is 0 Å². The number of nitrogens with zero attached hydrogens (tertiary/aromatic N) is 3. The van der Waals surface area contributed by atoms with Crippen molar-refractivity contribution in [3.8, 4) is 0 Å². The maximum absolute atomic E-state index is 13.4. The molecule has 0 bridgehead atoms. The number of amides is 2. The summed E-state index contributed by atoms with van der Waals surface area (Å²) in [6.07, 6.45) is 2.22. The van der Waals surface area contributed by atoms with E-state index in [0.717, 1.165) is 52.1 Å². The zero-order chi connectivity index (χ0) is 17.6. The molecule has 3 aliphatic heterocycles. The molecule has 0 N–H and O–H groups in total. The molecule has 2 amide bonds. The third-order valence-electron chi connectivity index (χ3n) is 6.28. The Balaban J connectivity index is 1.56. The van der Waals surface area contributed by atoms with Crippen LogP contribution in [0.3, 0.4) is 0 Å². The van der Waals surface area contributed by atoms with Crippen LogP contribution in [-0.4, -0.2) is 65.8 Å². The minimum absolute atomic E-state index is 0.101. The van der Waals surface area contributed by atoms with Crippen molar-refractivity contribution >= 4 is 23.2 Å². The molecular formula is C19H27N3O2S. The summed E-state index contributed by atoms with van der Waals surface area (Å²) in [6, 6.07) is 2.17. The van der Waals surface area contributed by atoms with Crippen LogP contribution in [0.15, 0.2) is 11.4 Å². The van der Waals surface area contributed by atoms with Crippen LogP contribution in [0.4, 0.5) is 0 Å². The van der Waals surface area contributed by atoms with E-state index in [0.29, 0.717) is 12.5 Å². The van der Waals surface area contributed by atoms with Crippen molar-refractivity contribution in [2.24, 2.45) is 11.3 Å². The lowest BCUT2D eigenvalue weighted by atomic mass is 9.79. The van der Waals surface area contributed by atoms with Gasteiger partial charge in [0.05, 0.1) is 5.41 Å². The van der Waals surface area contributed by atoms with Gasteiger partial charge >= 0.3 is 0 Å². The van der Waals surface area contributed by atoms with Gasteiger partial charge < -0.3 is 9.80 Å². The zero-order valence-electron chi connectivity index (χ0n) is 15.2. The summed E-state index contributed by atoms with van der Waals surface area (Å²) in [4.78, 5) is 33.1. The number of hydrogen-bond acceptors (Lipinski definition) is 4. The van der Waals surface area contributed by atoms with Crippen molar-refractivity contribution < 1.29 is 9.59 Å². The van der Waals surface area contributed by atoms with Crippen LogP contribution in [0, 0.1) is 18.3 Å². The molecule has 0 radical (unpaired) electrons. The van der Waals surface area contributed by atoms with Gasteiger partial charge in [-0.3, -0.25) is 14.5 Å². The normalized spacial score (nSPS) is 29.4. The van der Waals surface area contributed by atoms with Crippen LogP contribution < -0.4 is 0 Å². The first-order valence-corrected chi connectivity index (χ1v) is 10.2. The van der Waals surface area contributed by atoms with Crippen LogP contribution in [0.1, 0.15) is 30.2 Å². The molecule has 0 aromatic carbocycles. The van der Waals surface area contributed by atoms with E-state index in [1.165, 1.54) is 10.4 Å². The Kier molecular flexibility index (Phi) is 4.36. The molecule has 0 aliphatic carbocycles. The van der Waals surface area contributed by atoms with Crippen molar-refractivity contribution in [2.45, 2.75) is 33.2 Å². The molecule has 0 saturated carbocycles. The molecule has 3 fully saturated rings. The second-order valence-electron chi connectivity index (χ2n) is 7.95. The Morgan fingerprint density at radius 1 is 1.20 bits per heavy atom. The van der Waals surface area contributed by atoms with Gasteiger partial charge in [-0.25, -0.2) is 0 Å². The molecule has 3 aliphatic rings. The lowest BCUT2D eigenvalue weighted by Crippen LogP contribution is -2.49. The van der Waals surface area contributed by atoms with Gasteiger partial charge in [-0.1, -0.05) is 0 Å². The molecule has 4 rings (SSSR count). The molecule has 1 aromatic rings. The minimum Gasteiger partial charge on any atom is -0.342 e. The van der Waals surface area contributed by atoms with E-state index < -0.39 is 0 Å². The smallest absolute Gasteiger partial charge is 0.232 e. The van der Waals surface area contributed by atoms with Gasteiger partial charge in [0, 0.05) is 63.5 Å². The summed E-state index contributed by atoms with van der Waals surface area (Å²) in [6.45, 7) is 9.52. The lowest BCUT2D eigenvalue weighted by Gasteiger charge is -2.32. The molecule has 2 atom stereocenters. The fraction of sp³-hybridized carbons (Fsp3) is 0.684. The summed E-state index contributed by atoms with van der Waals surface area (Å²) in [5.74, 6) is 0.664. The Bertz CT molecular complexity index is 682. The van der Waals surface area contributed by atoms with Gasteiger partial charge in [0.1, 0.15) is 0 Å². The predicted molar refractivity (Wildman–Crippen MR) is 98.3 cm³/mol. The maximum Gasteiger partial charge on any atom is 0.232 e. The molecule has 1 aromatic heterocycles. The Hall–Kier alpha value is -1.40. The molecule has 4 heterocycles. The second kappa shape index (κ2) is 6.40. The van der Waals surface area contributed by atoms with Crippen LogP contribution >= 0.6 is 11.3 Å². The first kappa shape index (κ1) is 17.0. The average molecular weight is 362 g/mol. The van der Waals surface area contributed by atoms with E-state index >= 15 is 0 Å². The molecule has 25 heavy (non-hydrogen) atoms. The van der Waals surface area contributed by atoms with Gasteiger partial charge in [0.2, 0.25) is 11.8 Å².